The van der Waals surface area contributed by atoms with Crippen molar-refractivity contribution in [2.45, 2.75) is 28.8 Å². The fraction of sp³-hybridized carbons (Fsp3) is 0.143. The van der Waals surface area contributed by atoms with Gasteiger partial charge in [0.05, 0.1) is 17.1 Å². The first-order chi connectivity index (χ1) is 14.8. The minimum Gasteiger partial charge on any atom is -0.278 e. The van der Waals surface area contributed by atoms with Crippen LogP contribution in [0.4, 0.5) is 11.4 Å². The SMILES string of the molecule is Cc1cc(C)c2nnc(S(=O)(=O)CC(=O)N3c4ccccc4Sc4ccccc43)n2n1. The summed E-state index contributed by atoms with van der Waals surface area (Å²) >= 11 is 1.54. The Labute approximate surface area is 182 Å². The topological polar surface area (TPSA) is 97.5 Å². The normalized spacial score (nSPS) is 13.2. The smallest absolute Gasteiger partial charge is 0.271 e. The molecule has 156 valence electrons. The van der Waals surface area contributed by atoms with Crippen LogP contribution in [0.25, 0.3) is 5.65 Å². The van der Waals surface area contributed by atoms with E-state index in [2.05, 4.69) is 15.3 Å². The van der Waals surface area contributed by atoms with Crippen molar-refractivity contribution in [1.29, 1.82) is 0 Å². The molecule has 3 heterocycles. The second kappa shape index (κ2) is 7.17. The van der Waals surface area contributed by atoms with Crippen molar-refractivity contribution in [3.63, 3.8) is 0 Å². The molecule has 1 aliphatic rings. The molecular weight excluding hydrogens is 434 g/mol. The van der Waals surface area contributed by atoms with Gasteiger partial charge in [0.1, 0.15) is 5.75 Å². The van der Waals surface area contributed by atoms with Gasteiger partial charge in [-0.1, -0.05) is 36.0 Å². The largest absolute Gasteiger partial charge is 0.278 e. The Morgan fingerprint density at radius 3 is 2.23 bits per heavy atom. The number of sulfone groups is 1. The standard InChI is InChI=1S/C21H17N5O3S2/c1-13-11-14(2)24-26-20(13)22-23-21(26)31(28,29)12-19(27)25-15-7-3-5-9-17(15)30-18-10-6-4-8-16(18)25/h3-11H,12H2,1-2H3. The zero-order chi connectivity index (χ0) is 21.8. The molecule has 1 aliphatic heterocycles. The molecule has 2 aromatic carbocycles. The zero-order valence-electron chi connectivity index (χ0n) is 16.7. The summed E-state index contributed by atoms with van der Waals surface area (Å²) in [6.07, 6.45) is 0. The second-order valence-electron chi connectivity index (χ2n) is 7.21. The van der Waals surface area contributed by atoms with Crippen molar-refractivity contribution in [3.05, 3.63) is 65.9 Å². The summed E-state index contributed by atoms with van der Waals surface area (Å²) in [5.74, 6) is -1.32. The molecule has 0 saturated heterocycles. The number of carbonyl (C=O) groups is 1. The lowest BCUT2D eigenvalue weighted by Gasteiger charge is -2.30. The number of anilines is 2. The number of amides is 1. The van der Waals surface area contributed by atoms with Crippen LogP contribution in [0.5, 0.6) is 0 Å². The van der Waals surface area contributed by atoms with E-state index < -0.39 is 21.5 Å². The summed E-state index contributed by atoms with van der Waals surface area (Å²) in [5.41, 5.74) is 3.04. The van der Waals surface area contributed by atoms with E-state index in [0.717, 1.165) is 15.4 Å². The number of para-hydroxylation sites is 2. The fourth-order valence-corrected chi connectivity index (χ4v) is 5.82. The Morgan fingerprint density at radius 1 is 0.968 bits per heavy atom. The van der Waals surface area contributed by atoms with Crippen molar-refractivity contribution in [2.24, 2.45) is 0 Å². The number of aromatic nitrogens is 4. The van der Waals surface area contributed by atoms with Crippen LogP contribution in [0.15, 0.2) is 69.5 Å². The van der Waals surface area contributed by atoms with Gasteiger partial charge in [-0.3, -0.25) is 9.69 Å². The maximum atomic E-state index is 13.4. The van der Waals surface area contributed by atoms with Gasteiger partial charge in [-0.05, 0) is 49.7 Å². The van der Waals surface area contributed by atoms with E-state index in [0.29, 0.717) is 22.7 Å². The van der Waals surface area contributed by atoms with Crippen molar-refractivity contribution < 1.29 is 13.2 Å². The van der Waals surface area contributed by atoms with Crippen molar-refractivity contribution in [1.82, 2.24) is 19.8 Å². The molecule has 0 atom stereocenters. The molecule has 0 fully saturated rings. The van der Waals surface area contributed by atoms with Gasteiger partial charge in [0.2, 0.25) is 15.7 Å². The molecule has 5 rings (SSSR count). The van der Waals surface area contributed by atoms with Gasteiger partial charge < -0.3 is 0 Å². The van der Waals surface area contributed by atoms with E-state index in [4.69, 9.17) is 0 Å². The Kier molecular flexibility index (Phi) is 4.56. The van der Waals surface area contributed by atoms with Crippen LogP contribution in [-0.2, 0) is 14.6 Å². The molecule has 2 aromatic heterocycles. The second-order valence-corrected chi connectivity index (χ2v) is 10.2. The van der Waals surface area contributed by atoms with Crippen LogP contribution in [0.2, 0.25) is 0 Å². The lowest BCUT2D eigenvalue weighted by atomic mass is 10.2. The third-order valence-electron chi connectivity index (χ3n) is 4.92. The molecule has 0 N–H and O–H groups in total. The Bertz CT molecular complexity index is 1420. The molecule has 31 heavy (non-hydrogen) atoms. The molecule has 0 unspecified atom stereocenters. The average Bonchev–Trinajstić information content (AvgIpc) is 3.16. The van der Waals surface area contributed by atoms with Gasteiger partial charge in [-0.25, -0.2) is 8.42 Å². The molecular formula is C21H17N5O3S2. The van der Waals surface area contributed by atoms with Gasteiger partial charge >= 0.3 is 0 Å². The van der Waals surface area contributed by atoms with Gasteiger partial charge in [0.25, 0.3) is 5.16 Å². The molecule has 0 bridgehead atoms. The van der Waals surface area contributed by atoms with E-state index in [9.17, 15) is 13.2 Å². The number of aryl methyl sites for hydroxylation is 2. The molecule has 4 aromatic rings. The fourth-order valence-electron chi connectivity index (χ4n) is 3.62. The summed E-state index contributed by atoms with van der Waals surface area (Å²) in [5, 5.41) is 11.7. The number of fused-ring (bicyclic) bond motifs is 3. The van der Waals surface area contributed by atoms with Gasteiger partial charge in [-0.15, -0.1) is 10.2 Å². The lowest BCUT2D eigenvalue weighted by molar-refractivity contribution is -0.115. The number of carbonyl (C=O) groups excluding carboxylic acids is 1. The molecule has 0 aliphatic carbocycles. The van der Waals surface area contributed by atoms with Gasteiger partial charge in [-0.2, -0.15) is 9.61 Å². The van der Waals surface area contributed by atoms with E-state index in [1.807, 2.05) is 48.5 Å². The van der Waals surface area contributed by atoms with Crippen LogP contribution in [0.3, 0.4) is 0 Å². The number of benzene rings is 2. The maximum Gasteiger partial charge on any atom is 0.271 e. The minimum absolute atomic E-state index is 0.337. The summed E-state index contributed by atoms with van der Waals surface area (Å²) in [4.78, 5) is 16.6. The predicted molar refractivity (Wildman–Crippen MR) is 116 cm³/mol. The monoisotopic (exact) mass is 451 g/mol. The van der Waals surface area contributed by atoms with Crippen molar-refractivity contribution in [2.75, 3.05) is 10.7 Å². The van der Waals surface area contributed by atoms with E-state index in [1.165, 1.54) is 9.42 Å². The number of hydrogen-bond acceptors (Lipinski definition) is 7. The number of hydrogen-bond donors (Lipinski definition) is 0. The number of rotatable bonds is 3. The molecule has 8 nitrogen and oxygen atoms in total. The summed E-state index contributed by atoms with van der Waals surface area (Å²) in [7, 11) is -4.10. The third-order valence-corrected chi connectivity index (χ3v) is 7.49. The van der Waals surface area contributed by atoms with Crippen LogP contribution >= 0.6 is 11.8 Å². The molecule has 0 spiro atoms. The van der Waals surface area contributed by atoms with E-state index in [1.54, 1.807) is 31.7 Å². The molecule has 10 heteroatoms. The van der Waals surface area contributed by atoms with Crippen LogP contribution < -0.4 is 4.90 Å². The first-order valence-electron chi connectivity index (χ1n) is 9.46. The highest BCUT2D eigenvalue weighted by Crippen LogP contribution is 2.47. The molecule has 1 amide bonds. The van der Waals surface area contributed by atoms with Gasteiger partial charge in [0.15, 0.2) is 5.65 Å². The molecule has 0 saturated carbocycles. The van der Waals surface area contributed by atoms with E-state index >= 15 is 0 Å². The highest BCUT2D eigenvalue weighted by Gasteiger charge is 2.33. The minimum atomic E-state index is -4.10. The van der Waals surface area contributed by atoms with Crippen molar-refractivity contribution >= 4 is 44.5 Å². The Morgan fingerprint density at radius 2 is 1.58 bits per heavy atom. The zero-order valence-corrected chi connectivity index (χ0v) is 18.3. The highest BCUT2D eigenvalue weighted by molar-refractivity contribution is 7.99. The third kappa shape index (κ3) is 3.28. The highest BCUT2D eigenvalue weighted by atomic mass is 32.2. The predicted octanol–water partition coefficient (Wildman–Crippen LogP) is 3.34. The maximum absolute atomic E-state index is 13.4. The van der Waals surface area contributed by atoms with Crippen LogP contribution in [0.1, 0.15) is 11.3 Å². The Hall–Kier alpha value is -3.24. The van der Waals surface area contributed by atoms with E-state index in [-0.39, 0.29) is 5.16 Å². The van der Waals surface area contributed by atoms with Crippen molar-refractivity contribution in [3.8, 4) is 0 Å². The first-order valence-corrected chi connectivity index (χ1v) is 11.9. The Balaban J connectivity index is 1.57. The number of nitrogens with zero attached hydrogens (tertiary/aromatic N) is 5. The summed E-state index contributed by atoms with van der Waals surface area (Å²) in [6, 6.07) is 16.7. The summed E-state index contributed by atoms with van der Waals surface area (Å²) < 4.78 is 27.6. The first kappa shape index (κ1) is 19.7. The van der Waals surface area contributed by atoms with Gasteiger partial charge in [0, 0.05) is 9.79 Å². The van der Waals surface area contributed by atoms with Crippen LogP contribution in [0, 0.1) is 13.8 Å². The summed E-state index contributed by atoms with van der Waals surface area (Å²) in [6.45, 7) is 3.56. The molecule has 0 radical (unpaired) electrons. The average molecular weight is 452 g/mol. The quantitative estimate of drug-likeness (QED) is 0.471. The van der Waals surface area contributed by atoms with Crippen LogP contribution in [-0.4, -0.2) is 39.9 Å². The lowest BCUT2D eigenvalue weighted by Crippen LogP contribution is -2.34.